The van der Waals surface area contributed by atoms with Crippen molar-refractivity contribution in [1.82, 2.24) is 5.32 Å². The van der Waals surface area contributed by atoms with Crippen molar-refractivity contribution in [3.8, 4) is 0 Å². The molecule has 1 fully saturated rings. The van der Waals surface area contributed by atoms with E-state index in [1.165, 1.54) is 6.26 Å². The van der Waals surface area contributed by atoms with E-state index in [0.29, 0.717) is 6.42 Å². The highest BCUT2D eigenvalue weighted by atomic mass is 35.5. The van der Waals surface area contributed by atoms with E-state index in [1.54, 1.807) is 0 Å². The minimum Gasteiger partial charge on any atom is -0.307 e. The van der Waals surface area contributed by atoms with Gasteiger partial charge < -0.3 is 5.32 Å². The van der Waals surface area contributed by atoms with Crippen LogP contribution in [-0.2, 0) is 9.84 Å². The van der Waals surface area contributed by atoms with Gasteiger partial charge in [-0.15, -0.1) is 0 Å². The second-order valence-corrected chi connectivity index (χ2v) is 8.52. The maximum atomic E-state index is 11.7. The van der Waals surface area contributed by atoms with Crippen molar-refractivity contribution in [2.75, 3.05) is 6.26 Å². The summed E-state index contributed by atoms with van der Waals surface area (Å²) < 4.78 is 23.4. The van der Waals surface area contributed by atoms with Crippen LogP contribution >= 0.6 is 11.6 Å². The van der Waals surface area contributed by atoms with Gasteiger partial charge in [-0.05, 0) is 43.9 Å². The van der Waals surface area contributed by atoms with E-state index in [9.17, 15) is 8.42 Å². The first-order valence-electron chi connectivity index (χ1n) is 7.06. The van der Waals surface area contributed by atoms with Crippen LogP contribution in [0, 0.1) is 0 Å². The largest absolute Gasteiger partial charge is 0.307 e. The van der Waals surface area contributed by atoms with Gasteiger partial charge in [-0.2, -0.15) is 0 Å². The minimum absolute atomic E-state index is 0.178. The second kappa shape index (κ2) is 6.46. The van der Waals surface area contributed by atoms with E-state index in [-0.39, 0.29) is 17.3 Å². The number of rotatable bonds is 4. The lowest BCUT2D eigenvalue weighted by molar-refractivity contribution is 0.346. The van der Waals surface area contributed by atoms with E-state index in [0.717, 1.165) is 29.8 Å². The quantitative estimate of drug-likeness (QED) is 0.927. The summed E-state index contributed by atoms with van der Waals surface area (Å²) in [7, 11) is -2.93. The average Bonchev–Trinajstić information content (AvgIpc) is 2.38. The van der Waals surface area contributed by atoms with Gasteiger partial charge in [0.05, 0.1) is 5.25 Å². The molecule has 112 valence electrons. The zero-order chi connectivity index (χ0) is 14.8. The normalized spacial score (nSPS) is 25.4. The van der Waals surface area contributed by atoms with Crippen LogP contribution in [0.25, 0.3) is 0 Å². The first-order valence-corrected chi connectivity index (χ1v) is 9.40. The zero-order valence-electron chi connectivity index (χ0n) is 12.0. The molecule has 1 aliphatic rings. The predicted octanol–water partition coefficient (Wildman–Crippen LogP) is 3.35. The maximum Gasteiger partial charge on any atom is 0.150 e. The predicted molar refractivity (Wildman–Crippen MR) is 83.9 cm³/mol. The number of hydrogen-bond donors (Lipinski definition) is 1. The summed E-state index contributed by atoms with van der Waals surface area (Å²) in [4.78, 5) is 0. The summed E-state index contributed by atoms with van der Waals surface area (Å²) >= 11 is 6.01. The fourth-order valence-corrected chi connectivity index (χ4v) is 4.29. The van der Waals surface area contributed by atoms with Gasteiger partial charge >= 0.3 is 0 Å². The van der Waals surface area contributed by atoms with Crippen LogP contribution in [0.3, 0.4) is 0 Å². The number of hydrogen-bond acceptors (Lipinski definition) is 3. The van der Waals surface area contributed by atoms with Crippen molar-refractivity contribution < 1.29 is 8.42 Å². The standard InChI is InChI=1S/C15H22ClNO2S/c1-11(12-5-3-6-13(16)9-12)17-14-7-4-8-15(10-14)20(2,18)19/h3,5-6,9,11,14-15,17H,4,7-8,10H2,1-2H3. The van der Waals surface area contributed by atoms with E-state index >= 15 is 0 Å². The molecule has 1 aliphatic carbocycles. The van der Waals surface area contributed by atoms with Crippen LogP contribution in [-0.4, -0.2) is 26.0 Å². The van der Waals surface area contributed by atoms with E-state index in [2.05, 4.69) is 12.2 Å². The Hall–Kier alpha value is -0.580. The average molecular weight is 316 g/mol. The lowest BCUT2D eigenvalue weighted by atomic mass is 9.93. The summed E-state index contributed by atoms with van der Waals surface area (Å²) in [5, 5.41) is 4.08. The van der Waals surface area contributed by atoms with E-state index < -0.39 is 9.84 Å². The summed E-state index contributed by atoms with van der Waals surface area (Å²) in [5.74, 6) is 0. The SMILES string of the molecule is CC(NC1CCCC(S(C)(=O)=O)C1)c1cccc(Cl)c1. The Morgan fingerprint density at radius 3 is 2.75 bits per heavy atom. The zero-order valence-corrected chi connectivity index (χ0v) is 13.5. The Balaban J connectivity index is 1.99. The molecule has 1 aromatic carbocycles. The minimum atomic E-state index is -2.93. The van der Waals surface area contributed by atoms with Gasteiger partial charge in [0, 0.05) is 23.4 Å². The fourth-order valence-electron chi connectivity index (χ4n) is 2.91. The Kier molecular flexibility index (Phi) is 5.10. The molecule has 1 N–H and O–H groups in total. The molecule has 0 heterocycles. The molecule has 3 nitrogen and oxygen atoms in total. The van der Waals surface area contributed by atoms with Crippen LogP contribution < -0.4 is 5.32 Å². The third-order valence-corrected chi connectivity index (χ3v) is 5.94. The summed E-state index contributed by atoms with van der Waals surface area (Å²) in [6, 6.07) is 8.24. The molecule has 3 atom stereocenters. The molecule has 0 saturated heterocycles. The Morgan fingerprint density at radius 2 is 2.10 bits per heavy atom. The van der Waals surface area contributed by atoms with Crippen LogP contribution in [0.2, 0.25) is 5.02 Å². The van der Waals surface area contributed by atoms with Crippen molar-refractivity contribution in [2.45, 2.75) is 49.9 Å². The molecule has 1 saturated carbocycles. The highest BCUT2D eigenvalue weighted by molar-refractivity contribution is 7.91. The lowest BCUT2D eigenvalue weighted by Gasteiger charge is -2.31. The highest BCUT2D eigenvalue weighted by Gasteiger charge is 2.29. The first-order chi connectivity index (χ1) is 9.36. The maximum absolute atomic E-state index is 11.7. The van der Waals surface area contributed by atoms with Crippen molar-refractivity contribution in [2.24, 2.45) is 0 Å². The van der Waals surface area contributed by atoms with Crippen molar-refractivity contribution in [1.29, 1.82) is 0 Å². The third kappa shape index (κ3) is 4.21. The van der Waals surface area contributed by atoms with Gasteiger partial charge in [0.25, 0.3) is 0 Å². The molecule has 0 aliphatic heterocycles. The van der Waals surface area contributed by atoms with Crippen LogP contribution in [0.5, 0.6) is 0 Å². The molecule has 0 bridgehead atoms. The number of halogens is 1. The molecular weight excluding hydrogens is 294 g/mol. The third-order valence-electron chi connectivity index (χ3n) is 4.07. The highest BCUT2D eigenvalue weighted by Crippen LogP contribution is 2.26. The van der Waals surface area contributed by atoms with Gasteiger partial charge in [-0.3, -0.25) is 0 Å². The molecule has 0 spiro atoms. The van der Waals surface area contributed by atoms with Gasteiger partial charge in [-0.1, -0.05) is 30.2 Å². The molecule has 5 heteroatoms. The van der Waals surface area contributed by atoms with Gasteiger partial charge in [0.15, 0.2) is 0 Å². The summed E-state index contributed by atoms with van der Waals surface area (Å²) in [6.07, 6.45) is 4.86. The van der Waals surface area contributed by atoms with Crippen LogP contribution in [0.4, 0.5) is 0 Å². The topological polar surface area (TPSA) is 46.2 Å². The molecule has 20 heavy (non-hydrogen) atoms. The Bertz CT molecular complexity index is 559. The summed E-state index contributed by atoms with van der Waals surface area (Å²) in [6.45, 7) is 2.09. The van der Waals surface area contributed by atoms with Crippen molar-refractivity contribution in [3.05, 3.63) is 34.9 Å². The molecule has 3 unspecified atom stereocenters. The molecule has 0 aromatic heterocycles. The van der Waals surface area contributed by atoms with Crippen LogP contribution in [0.15, 0.2) is 24.3 Å². The van der Waals surface area contributed by atoms with Gasteiger partial charge in [0.2, 0.25) is 0 Å². The summed E-state index contributed by atoms with van der Waals surface area (Å²) in [5.41, 5.74) is 1.14. The fraction of sp³-hybridized carbons (Fsp3) is 0.600. The molecule has 1 aromatic rings. The Labute approximate surface area is 126 Å². The Morgan fingerprint density at radius 1 is 1.35 bits per heavy atom. The smallest absolute Gasteiger partial charge is 0.150 e. The molecule has 0 radical (unpaired) electrons. The number of benzene rings is 1. The number of nitrogens with one attached hydrogen (secondary N) is 1. The van der Waals surface area contributed by atoms with Crippen molar-refractivity contribution >= 4 is 21.4 Å². The van der Waals surface area contributed by atoms with E-state index in [4.69, 9.17) is 11.6 Å². The number of sulfone groups is 1. The molecule has 0 amide bonds. The molecule has 2 rings (SSSR count). The van der Waals surface area contributed by atoms with E-state index in [1.807, 2.05) is 24.3 Å². The second-order valence-electron chi connectivity index (χ2n) is 5.76. The van der Waals surface area contributed by atoms with Crippen molar-refractivity contribution in [3.63, 3.8) is 0 Å². The monoisotopic (exact) mass is 315 g/mol. The van der Waals surface area contributed by atoms with Gasteiger partial charge in [0.1, 0.15) is 9.84 Å². The first kappa shape index (κ1) is 15.8. The molecular formula is C15H22ClNO2S. The van der Waals surface area contributed by atoms with Gasteiger partial charge in [-0.25, -0.2) is 8.42 Å². The van der Waals surface area contributed by atoms with Crippen LogP contribution in [0.1, 0.15) is 44.2 Å². The lowest BCUT2D eigenvalue weighted by Crippen LogP contribution is -2.39.